The summed E-state index contributed by atoms with van der Waals surface area (Å²) in [5.41, 5.74) is 2.64. The van der Waals surface area contributed by atoms with Crippen LogP contribution in [0, 0.1) is 20.8 Å². The van der Waals surface area contributed by atoms with Crippen LogP contribution in [0.25, 0.3) is 0 Å². The molecule has 0 radical (unpaired) electrons. The number of benzene rings is 1. The smallest absolute Gasteiger partial charge is 0.363 e. The molecule has 1 heterocycles. The lowest BCUT2D eigenvalue weighted by atomic mass is 10.1. The zero-order valence-corrected chi connectivity index (χ0v) is 10.8. The largest absolute Gasteiger partial charge is 0.422 e. The first-order valence-electron chi connectivity index (χ1n) is 5.28. The van der Waals surface area contributed by atoms with Gasteiger partial charge in [-0.15, -0.1) is 11.3 Å². The van der Waals surface area contributed by atoms with E-state index in [-0.39, 0.29) is 0 Å². The van der Waals surface area contributed by atoms with E-state index in [9.17, 15) is 4.79 Å². The second-order valence-corrected chi connectivity index (χ2v) is 4.95. The molecule has 1 aromatic carbocycles. The van der Waals surface area contributed by atoms with E-state index in [0.29, 0.717) is 11.4 Å². The van der Waals surface area contributed by atoms with Gasteiger partial charge in [0, 0.05) is 5.38 Å². The highest BCUT2D eigenvalue weighted by Crippen LogP contribution is 2.18. The van der Waals surface area contributed by atoms with E-state index in [1.807, 2.05) is 32.9 Å². The lowest BCUT2D eigenvalue weighted by Crippen LogP contribution is -2.09. The average molecular weight is 247 g/mol. The minimum atomic E-state index is -0.405. The Balaban J connectivity index is 2.15. The standard InChI is InChI=1S/C13H13NO2S/c1-8-4-5-11(6-9(8)2)16-13(15)12-7-17-10(3)14-12/h4-7H,1-3H3. The monoisotopic (exact) mass is 247 g/mol. The molecule has 0 saturated heterocycles. The summed E-state index contributed by atoms with van der Waals surface area (Å²) >= 11 is 1.44. The van der Waals surface area contributed by atoms with E-state index in [4.69, 9.17) is 4.74 Å². The Morgan fingerprint density at radius 2 is 2.00 bits per heavy atom. The van der Waals surface area contributed by atoms with Gasteiger partial charge in [-0.05, 0) is 44.0 Å². The molecule has 2 rings (SSSR count). The van der Waals surface area contributed by atoms with Gasteiger partial charge in [0.2, 0.25) is 0 Å². The first-order chi connectivity index (χ1) is 8.06. The van der Waals surface area contributed by atoms with E-state index in [1.54, 1.807) is 11.4 Å². The Kier molecular flexibility index (Phi) is 3.24. The maximum absolute atomic E-state index is 11.7. The molecule has 2 aromatic rings. The molecule has 0 spiro atoms. The number of carbonyl (C=O) groups is 1. The van der Waals surface area contributed by atoms with Gasteiger partial charge in [-0.1, -0.05) is 6.07 Å². The zero-order valence-electron chi connectivity index (χ0n) is 9.98. The lowest BCUT2D eigenvalue weighted by molar-refractivity contribution is 0.0729. The van der Waals surface area contributed by atoms with Crippen molar-refractivity contribution >= 4 is 17.3 Å². The van der Waals surface area contributed by atoms with Crippen molar-refractivity contribution in [2.75, 3.05) is 0 Å². The molecule has 3 nitrogen and oxygen atoms in total. The molecule has 0 aliphatic heterocycles. The number of ether oxygens (including phenoxy) is 1. The summed E-state index contributed by atoms with van der Waals surface area (Å²) in [5.74, 6) is 0.154. The highest BCUT2D eigenvalue weighted by Gasteiger charge is 2.12. The number of rotatable bonds is 2. The number of esters is 1. The van der Waals surface area contributed by atoms with Crippen molar-refractivity contribution < 1.29 is 9.53 Å². The summed E-state index contributed by atoms with van der Waals surface area (Å²) in [5, 5.41) is 2.57. The Hall–Kier alpha value is -1.68. The highest BCUT2D eigenvalue weighted by atomic mass is 32.1. The summed E-state index contributed by atoms with van der Waals surface area (Å²) < 4.78 is 5.25. The predicted molar refractivity (Wildman–Crippen MR) is 67.7 cm³/mol. The Labute approximate surface area is 104 Å². The molecule has 0 aliphatic carbocycles. The van der Waals surface area contributed by atoms with Crippen LogP contribution in [0.4, 0.5) is 0 Å². The van der Waals surface area contributed by atoms with Crippen LogP contribution in [0.5, 0.6) is 5.75 Å². The summed E-state index contributed by atoms with van der Waals surface area (Å²) in [4.78, 5) is 15.8. The molecule has 0 amide bonds. The van der Waals surface area contributed by atoms with Crippen LogP contribution < -0.4 is 4.74 Å². The van der Waals surface area contributed by atoms with Crippen molar-refractivity contribution in [1.29, 1.82) is 0 Å². The molecule has 0 saturated carbocycles. The van der Waals surface area contributed by atoms with Gasteiger partial charge in [-0.3, -0.25) is 0 Å². The molecule has 0 N–H and O–H groups in total. The number of hydrogen-bond donors (Lipinski definition) is 0. The van der Waals surface area contributed by atoms with E-state index >= 15 is 0 Å². The topological polar surface area (TPSA) is 39.2 Å². The van der Waals surface area contributed by atoms with Gasteiger partial charge >= 0.3 is 5.97 Å². The fourth-order valence-electron chi connectivity index (χ4n) is 1.39. The highest BCUT2D eigenvalue weighted by molar-refractivity contribution is 7.09. The SMILES string of the molecule is Cc1nc(C(=O)Oc2ccc(C)c(C)c2)cs1. The number of carbonyl (C=O) groups excluding carboxylic acids is 1. The molecule has 4 heteroatoms. The predicted octanol–water partition coefficient (Wildman–Crippen LogP) is 3.29. The molecule has 0 aliphatic rings. The summed E-state index contributed by atoms with van der Waals surface area (Å²) in [6.45, 7) is 5.86. The van der Waals surface area contributed by atoms with Gasteiger partial charge in [0.15, 0.2) is 5.69 Å². The van der Waals surface area contributed by atoms with Crippen LogP contribution in [0.2, 0.25) is 0 Å². The van der Waals surface area contributed by atoms with E-state index < -0.39 is 5.97 Å². The molecule has 0 atom stereocenters. The first-order valence-corrected chi connectivity index (χ1v) is 6.16. The van der Waals surface area contributed by atoms with Crippen LogP contribution in [-0.4, -0.2) is 11.0 Å². The fourth-order valence-corrected chi connectivity index (χ4v) is 1.98. The van der Waals surface area contributed by atoms with Gasteiger partial charge in [0.1, 0.15) is 5.75 Å². The van der Waals surface area contributed by atoms with Gasteiger partial charge in [-0.25, -0.2) is 9.78 Å². The number of hydrogen-bond acceptors (Lipinski definition) is 4. The molecule has 0 bridgehead atoms. The fraction of sp³-hybridized carbons (Fsp3) is 0.231. The third kappa shape index (κ3) is 2.71. The zero-order chi connectivity index (χ0) is 12.4. The molecule has 0 unspecified atom stereocenters. The molecular weight excluding hydrogens is 234 g/mol. The summed E-state index contributed by atoms with van der Waals surface area (Å²) in [7, 11) is 0. The minimum absolute atomic E-state index is 0.366. The molecule has 1 aromatic heterocycles. The number of nitrogens with zero attached hydrogens (tertiary/aromatic N) is 1. The summed E-state index contributed by atoms with van der Waals surface area (Å²) in [6.07, 6.45) is 0. The van der Waals surface area contributed by atoms with Gasteiger partial charge in [0.25, 0.3) is 0 Å². The normalized spacial score (nSPS) is 10.3. The van der Waals surface area contributed by atoms with Gasteiger partial charge < -0.3 is 4.74 Å². The molecular formula is C13H13NO2S. The van der Waals surface area contributed by atoms with Crippen LogP contribution in [0.3, 0.4) is 0 Å². The molecule has 17 heavy (non-hydrogen) atoms. The van der Waals surface area contributed by atoms with E-state index in [1.165, 1.54) is 16.9 Å². The van der Waals surface area contributed by atoms with Crippen molar-refractivity contribution in [3.05, 3.63) is 45.4 Å². The van der Waals surface area contributed by atoms with Crippen molar-refractivity contribution in [3.8, 4) is 5.75 Å². The van der Waals surface area contributed by atoms with Gasteiger partial charge in [-0.2, -0.15) is 0 Å². The minimum Gasteiger partial charge on any atom is -0.422 e. The molecule has 88 valence electrons. The third-order valence-corrected chi connectivity index (χ3v) is 3.29. The van der Waals surface area contributed by atoms with Crippen LogP contribution in [0.1, 0.15) is 26.6 Å². The Bertz CT molecular complexity index is 560. The maximum Gasteiger partial charge on any atom is 0.363 e. The van der Waals surface area contributed by atoms with Crippen LogP contribution in [0.15, 0.2) is 23.6 Å². The first kappa shape index (κ1) is 11.8. The second-order valence-electron chi connectivity index (χ2n) is 3.89. The van der Waals surface area contributed by atoms with Crippen molar-refractivity contribution in [3.63, 3.8) is 0 Å². The van der Waals surface area contributed by atoms with E-state index in [0.717, 1.165) is 10.6 Å². The molecule has 0 fully saturated rings. The number of aryl methyl sites for hydroxylation is 3. The van der Waals surface area contributed by atoms with Crippen LogP contribution >= 0.6 is 11.3 Å². The van der Waals surface area contributed by atoms with Crippen molar-refractivity contribution in [1.82, 2.24) is 4.98 Å². The third-order valence-electron chi connectivity index (χ3n) is 2.52. The Morgan fingerprint density at radius 3 is 2.59 bits per heavy atom. The number of aromatic nitrogens is 1. The van der Waals surface area contributed by atoms with E-state index in [2.05, 4.69) is 4.98 Å². The lowest BCUT2D eigenvalue weighted by Gasteiger charge is -2.05. The quantitative estimate of drug-likeness (QED) is 0.604. The Morgan fingerprint density at radius 1 is 1.24 bits per heavy atom. The van der Waals surface area contributed by atoms with Crippen molar-refractivity contribution in [2.24, 2.45) is 0 Å². The average Bonchev–Trinajstić information content (AvgIpc) is 2.70. The summed E-state index contributed by atoms with van der Waals surface area (Å²) in [6, 6.07) is 5.58. The van der Waals surface area contributed by atoms with Crippen LogP contribution in [-0.2, 0) is 0 Å². The van der Waals surface area contributed by atoms with Gasteiger partial charge in [0.05, 0.1) is 5.01 Å². The maximum atomic E-state index is 11.7. The number of thiazole rings is 1. The second kappa shape index (κ2) is 4.67. The van der Waals surface area contributed by atoms with Crippen molar-refractivity contribution in [2.45, 2.75) is 20.8 Å².